The number of nitrogens with two attached hydrogens (primary N) is 1. The summed E-state index contributed by atoms with van der Waals surface area (Å²) in [5.74, 6) is -0.891. The molecule has 0 spiro atoms. The largest absolute Gasteiger partial charge is 0.467 e. The van der Waals surface area contributed by atoms with Gasteiger partial charge < -0.3 is 15.8 Å². The smallest absolute Gasteiger partial charge is 0.328 e. The molecule has 1 amide bonds. The van der Waals surface area contributed by atoms with Crippen molar-refractivity contribution >= 4 is 33.5 Å². The topological polar surface area (TPSA) is 81.4 Å². The number of benzene rings is 2. The van der Waals surface area contributed by atoms with E-state index in [1.807, 2.05) is 30.3 Å². The Morgan fingerprint density at radius 2 is 1.91 bits per heavy atom. The van der Waals surface area contributed by atoms with Gasteiger partial charge in [-0.2, -0.15) is 0 Å². The van der Waals surface area contributed by atoms with Crippen molar-refractivity contribution in [3.8, 4) is 0 Å². The number of methoxy groups -OCH3 is 1. The number of ether oxygens (including phenoxy) is 1. The Kier molecular flexibility index (Phi) is 5.76. The summed E-state index contributed by atoms with van der Waals surface area (Å²) in [4.78, 5) is 24.4. The molecule has 3 N–H and O–H groups in total. The Balaban J connectivity index is 2.18. The van der Waals surface area contributed by atoms with Crippen molar-refractivity contribution in [3.63, 3.8) is 0 Å². The number of nitrogen functional groups attached to an aromatic ring is 1. The van der Waals surface area contributed by atoms with E-state index in [0.29, 0.717) is 22.1 Å². The van der Waals surface area contributed by atoms with Crippen molar-refractivity contribution in [3.05, 3.63) is 64.1 Å². The van der Waals surface area contributed by atoms with Gasteiger partial charge in [0.25, 0.3) is 5.91 Å². The summed E-state index contributed by atoms with van der Waals surface area (Å²) in [6.45, 7) is 0. The van der Waals surface area contributed by atoms with Crippen molar-refractivity contribution in [2.24, 2.45) is 0 Å². The monoisotopic (exact) mass is 376 g/mol. The lowest BCUT2D eigenvalue weighted by molar-refractivity contribution is -0.142. The number of halogens is 1. The maximum absolute atomic E-state index is 12.4. The molecule has 0 saturated carbocycles. The SMILES string of the molecule is COC(=O)[C@H](Cc1ccccc1)NC(=O)c1cc(N)ccc1Br. The van der Waals surface area contributed by atoms with Crippen LogP contribution in [-0.2, 0) is 16.0 Å². The van der Waals surface area contributed by atoms with E-state index in [9.17, 15) is 9.59 Å². The fraction of sp³-hybridized carbons (Fsp3) is 0.176. The van der Waals surface area contributed by atoms with Crippen molar-refractivity contribution in [2.75, 3.05) is 12.8 Å². The van der Waals surface area contributed by atoms with E-state index < -0.39 is 17.9 Å². The van der Waals surface area contributed by atoms with Crippen molar-refractivity contribution < 1.29 is 14.3 Å². The van der Waals surface area contributed by atoms with Crippen LogP contribution < -0.4 is 11.1 Å². The molecule has 2 aromatic carbocycles. The number of carbonyl (C=O) groups is 2. The first-order chi connectivity index (χ1) is 11.0. The van der Waals surface area contributed by atoms with Crippen LogP contribution in [0.5, 0.6) is 0 Å². The molecule has 1 atom stereocenters. The van der Waals surface area contributed by atoms with Crippen LogP contribution in [0.3, 0.4) is 0 Å². The number of hydrogen-bond acceptors (Lipinski definition) is 4. The lowest BCUT2D eigenvalue weighted by atomic mass is 10.1. The molecule has 0 aliphatic rings. The van der Waals surface area contributed by atoms with Crippen LogP contribution >= 0.6 is 15.9 Å². The van der Waals surface area contributed by atoms with E-state index in [4.69, 9.17) is 10.5 Å². The van der Waals surface area contributed by atoms with Crippen molar-refractivity contribution in [2.45, 2.75) is 12.5 Å². The van der Waals surface area contributed by atoms with Gasteiger partial charge in [-0.3, -0.25) is 4.79 Å². The highest BCUT2D eigenvalue weighted by Crippen LogP contribution is 2.19. The van der Waals surface area contributed by atoms with Crippen molar-refractivity contribution in [1.82, 2.24) is 5.32 Å². The first-order valence-electron chi connectivity index (χ1n) is 6.99. The Bertz CT molecular complexity index is 704. The first kappa shape index (κ1) is 17.0. The third-order valence-electron chi connectivity index (χ3n) is 3.31. The molecule has 120 valence electrons. The molecule has 0 fully saturated rings. The lowest BCUT2D eigenvalue weighted by Gasteiger charge is -2.17. The summed E-state index contributed by atoms with van der Waals surface area (Å²) in [5.41, 5.74) is 7.48. The number of esters is 1. The van der Waals surface area contributed by atoms with Crippen LogP contribution in [0.2, 0.25) is 0 Å². The van der Waals surface area contributed by atoms with Crippen LogP contribution in [0.4, 0.5) is 5.69 Å². The third-order valence-corrected chi connectivity index (χ3v) is 4.00. The molecule has 6 heteroatoms. The summed E-state index contributed by atoms with van der Waals surface area (Å²) >= 11 is 3.31. The number of carbonyl (C=O) groups excluding carboxylic acids is 2. The second kappa shape index (κ2) is 7.78. The molecule has 0 bridgehead atoms. The molecular formula is C17H17BrN2O3. The van der Waals surface area contributed by atoms with Crippen LogP contribution in [0.1, 0.15) is 15.9 Å². The summed E-state index contributed by atoms with van der Waals surface area (Å²) in [5, 5.41) is 2.70. The minimum Gasteiger partial charge on any atom is -0.467 e. The highest BCUT2D eigenvalue weighted by Gasteiger charge is 2.23. The van der Waals surface area contributed by atoms with Gasteiger partial charge in [0.2, 0.25) is 0 Å². The number of amides is 1. The maximum Gasteiger partial charge on any atom is 0.328 e. The molecule has 23 heavy (non-hydrogen) atoms. The Labute approximate surface area is 143 Å². The van der Waals surface area contributed by atoms with Gasteiger partial charge >= 0.3 is 5.97 Å². The standard InChI is InChI=1S/C17H17BrN2O3/c1-23-17(22)15(9-11-5-3-2-4-6-11)20-16(21)13-10-12(19)7-8-14(13)18/h2-8,10,15H,9,19H2,1H3,(H,20,21)/t15-/m0/s1. The van der Waals surface area contributed by atoms with E-state index in [1.165, 1.54) is 7.11 Å². The van der Waals surface area contributed by atoms with Gasteiger partial charge in [-0.15, -0.1) is 0 Å². The number of rotatable bonds is 5. The molecule has 2 rings (SSSR count). The highest BCUT2D eigenvalue weighted by molar-refractivity contribution is 9.10. The van der Waals surface area contributed by atoms with Gasteiger partial charge in [0, 0.05) is 16.6 Å². The third kappa shape index (κ3) is 4.56. The predicted molar refractivity (Wildman–Crippen MR) is 92.0 cm³/mol. The molecule has 0 aromatic heterocycles. The zero-order valence-corrected chi connectivity index (χ0v) is 14.2. The van der Waals surface area contributed by atoms with E-state index in [0.717, 1.165) is 5.56 Å². The molecule has 0 aliphatic heterocycles. The fourth-order valence-electron chi connectivity index (χ4n) is 2.14. The summed E-state index contributed by atoms with van der Waals surface area (Å²) in [7, 11) is 1.29. The predicted octanol–water partition coefficient (Wildman–Crippen LogP) is 2.55. The molecule has 5 nitrogen and oxygen atoms in total. The fourth-order valence-corrected chi connectivity index (χ4v) is 2.56. The Morgan fingerprint density at radius 1 is 1.22 bits per heavy atom. The zero-order valence-electron chi connectivity index (χ0n) is 12.6. The van der Waals surface area contributed by atoms with E-state index in [-0.39, 0.29) is 0 Å². The van der Waals surface area contributed by atoms with Crippen molar-refractivity contribution in [1.29, 1.82) is 0 Å². The minimum absolute atomic E-state index is 0.346. The molecule has 0 saturated heterocycles. The highest BCUT2D eigenvalue weighted by atomic mass is 79.9. The second-order valence-electron chi connectivity index (χ2n) is 4.98. The van der Waals surface area contributed by atoms with Gasteiger partial charge in [-0.25, -0.2) is 4.79 Å². The Hall–Kier alpha value is -2.34. The summed E-state index contributed by atoms with van der Waals surface area (Å²) in [6, 6.07) is 13.6. The second-order valence-corrected chi connectivity index (χ2v) is 5.83. The normalized spacial score (nSPS) is 11.6. The summed E-state index contributed by atoms with van der Waals surface area (Å²) < 4.78 is 5.39. The molecule has 0 heterocycles. The average molecular weight is 377 g/mol. The maximum atomic E-state index is 12.4. The molecule has 0 unspecified atom stereocenters. The van der Waals surface area contributed by atoms with Gasteiger partial charge in [0.1, 0.15) is 6.04 Å². The van der Waals surface area contributed by atoms with Gasteiger partial charge in [-0.05, 0) is 39.7 Å². The lowest BCUT2D eigenvalue weighted by Crippen LogP contribution is -2.43. The van der Waals surface area contributed by atoms with Gasteiger partial charge in [0.15, 0.2) is 0 Å². The van der Waals surface area contributed by atoms with Gasteiger partial charge in [0.05, 0.1) is 12.7 Å². The number of anilines is 1. The van der Waals surface area contributed by atoms with Crippen LogP contribution in [-0.4, -0.2) is 25.0 Å². The molecule has 0 radical (unpaired) electrons. The zero-order chi connectivity index (χ0) is 16.8. The molecule has 0 aliphatic carbocycles. The molecule has 2 aromatic rings. The first-order valence-corrected chi connectivity index (χ1v) is 7.78. The Morgan fingerprint density at radius 3 is 2.57 bits per heavy atom. The number of nitrogens with one attached hydrogen (secondary N) is 1. The van der Waals surface area contributed by atoms with Gasteiger partial charge in [-0.1, -0.05) is 30.3 Å². The minimum atomic E-state index is -0.775. The van der Waals surface area contributed by atoms with Crippen LogP contribution in [0.25, 0.3) is 0 Å². The average Bonchev–Trinajstić information content (AvgIpc) is 2.56. The quantitative estimate of drug-likeness (QED) is 0.620. The van der Waals surface area contributed by atoms with Crippen LogP contribution in [0.15, 0.2) is 53.0 Å². The van der Waals surface area contributed by atoms with E-state index >= 15 is 0 Å². The van der Waals surface area contributed by atoms with E-state index in [2.05, 4.69) is 21.2 Å². The number of hydrogen-bond donors (Lipinski definition) is 2. The van der Waals surface area contributed by atoms with E-state index in [1.54, 1.807) is 18.2 Å². The van der Waals surface area contributed by atoms with Crippen LogP contribution in [0, 0.1) is 0 Å². The molecular weight excluding hydrogens is 360 g/mol. The summed E-state index contributed by atoms with van der Waals surface area (Å²) in [6.07, 6.45) is 0.346.